The van der Waals surface area contributed by atoms with E-state index >= 15 is 0 Å². The number of hydrogen-bond donors (Lipinski definition) is 1. The highest BCUT2D eigenvalue weighted by atomic mass is 32.2. The summed E-state index contributed by atoms with van der Waals surface area (Å²) in [6, 6.07) is 6.72. The molecule has 1 aromatic rings. The number of sulfonamides is 1. The Labute approximate surface area is 120 Å². The molecule has 0 aliphatic heterocycles. The molecule has 0 aliphatic carbocycles. The van der Waals surface area contributed by atoms with Gasteiger partial charge in [0.1, 0.15) is 0 Å². The molecule has 0 spiro atoms. The third-order valence-electron chi connectivity index (χ3n) is 2.86. The molecule has 0 amide bonds. The lowest BCUT2D eigenvalue weighted by Crippen LogP contribution is -2.26. The maximum Gasteiger partial charge on any atom is 0.337 e. The van der Waals surface area contributed by atoms with Crippen LogP contribution in [0.15, 0.2) is 24.3 Å². The average Bonchev–Trinajstić information content (AvgIpc) is 2.45. The van der Waals surface area contributed by atoms with E-state index in [0.29, 0.717) is 12.0 Å². The molecule has 0 unspecified atom stereocenters. The quantitative estimate of drug-likeness (QED) is 0.589. The van der Waals surface area contributed by atoms with Crippen molar-refractivity contribution in [3.05, 3.63) is 35.4 Å². The van der Waals surface area contributed by atoms with Crippen LogP contribution in [0.5, 0.6) is 0 Å². The van der Waals surface area contributed by atoms with Crippen LogP contribution in [0.25, 0.3) is 0 Å². The molecule has 0 heterocycles. The predicted octanol–water partition coefficient (Wildman–Crippen LogP) is 2.08. The van der Waals surface area contributed by atoms with Crippen LogP contribution in [0.4, 0.5) is 0 Å². The van der Waals surface area contributed by atoms with Gasteiger partial charge in [-0.2, -0.15) is 0 Å². The van der Waals surface area contributed by atoms with Crippen LogP contribution in [0.2, 0.25) is 0 Å². The predicted molar refractivity (Wildman–Crippen MR) is 77.9 cm³/mol. The minimum atomic E-state index is -3.26. The highest BCUT2D eigenvalue weighted by Gasteiger charge is 2.10. The summed E-state index contributed by atoms with van der Waals surface area (Å²) in [7, 11) is -1.95. The van der Waals surface area contributed by atoms with Gasteiger partial charge < -0.3 is 4.74 Å². The molecular weight excluding hydrogens is 278 g/mol. The minimum Gasteiger partial charge on any atom is -0.465 e. The number of rotatable bonds is 8. The first-order valence-corrected chi connectivity index (χ1v) is 8.28. The van der Waals surface area contributed by atoms with Gasteiger partial charge in [-0.1, -0.05) is 31.9 Å². The van der Waals surface area contributed by atoms with Crippen LogP contribution in [-0.4, -0.2) is 27.2 Å². The standard InChI is InChI=1S/C14H21NO4S/c1-3-4-5-9-20(17,18)15-11-12-7-6-8-13(10-12)14(16)19-2/h6-8,10,15H,3-5,9,11H2,1-2H3. The summed E-state index contributed by atoms with van der Waals surface area (Å²) >= 11 is 0. The van der Waals surface area contributed by atoms with E-state index in [1.807, 2.05) is 6.92 Å². The number of esters is 1. The van der Waals surface area contributed by atoms with E-state index in [1.165, 1.54) is 7.11 Å². The van der Waals surface area contributed by atoms with E-state index in [-0.39, 0.29) is 12.3 Å². The highest BCUT2D eigenvalue weighted by molar-refractivity contribution is 7.89. The zero-order valence-corrected chi connectivity index (χ0v) is 12.7. The summed E-state index contributed by atoms with van der Waals surface area (Å²) < 4.78 is 30.7. The number of hydrogen-bond acceptors (Lipinski definition) is 4. The van der Waals surface area contributed by atoms with Gasteiger partial charge in [-0.25, -0.2) is 17.9 Å². The molecule has 0 atom stereocenters. The van der Waals surface area contributed by atoms with E-state index in [2.05, 4.69) is 9.46 Å². The number of methoxy groups -OCH3 is 1. The van der Waals surface area contributed by atoms with E-state index in [1.54, 1.807) is 24.3 Å². The van der Waals surface area contributed by atoms with Crippen molar-refractivity contribution in [2.24, 2.45) is 0 Å². The molecule has 0 fully saturated rings. The van der Waals surface area contributed by atoms with E-state index < -0.39 is 16.0 Å². The first-order valence-electron chi connectivity index (χ1n) is 6.63. The molecular formula is C14H21NO4S. The lowest BCUT2D eigenvalue weighted by atomic mass is 10.1. The zero-order chi connectivity index (χ0) is 15.0. The van der Waals surface area contributed by atoms with Crippen LogP contribution < -0.4 is 4.72 Å². The Kier molecular flexibility index (Phi) is 6.67. The third-order valence-corrected chi connectivity index (χ3v) is 4.27. The molecule has 20 heavy (non-hydrogen) atoms. The van der Waals surface area contributed by atoms with Crippen molar-refractivity contribution in [2.75, 3.05) is 12.9 Å². The number of nitrogens with one attached hydrogen (secondary N) is 1. The van der Waals surface area contributed by atoms with Crippen molar-refractivity contribution in [2.45, 2.75) is 32.7 Å². The fourth-order valence-corrected chi connectivity index (χ4v) is 2.85. The smallest absolute Gasteiger partial charge is 0.337 e. The molecule has 0 bridgehead atoms. The van der Waals surface area contributed by atoms with Crippen LogP contribution in [0.3, 0.4) is 0 Å². The second-order valence-electron chi connectivity index (χ2n) is 4.54. The lowest BCUT2D eigenvalue weighted by Gasteiger charge is -2.07. The SMILES string of the molecule is CCCCCS(=O)(=O)NCc1cccc(C(=O)OC)c1. The minimum absolute atomic E-state index is 0.136. The first-order chi connectivity index (χ1) is 9.48. The Morgan fingerprint density at radius 3 is 2.70 bits per heavy atom. The van der Waals surface area contributed by atoms with Crippen molar-refractivity contribution >= 4 is 16.0 Å². The molecule has 0 aliphatic rings. The van der Waals surface area contributed by atoms with Gasteiger partial charge >= 0.3 is 5.97 Å². The summed E-state index contributed by atoms with van der Waals surface area (Å²) in [5, 5.41) is 0. The second-order valence-corrected chi connectivity index (χ2v) is 6.47. The van der Waals surface area contributed by atoms with Gasteiger partial charge in [0.15, 0.2) is 0 Å². The van der Waals surface area contributed by atoms with E-state index in [9.17, 15) is 13.2 Å². The Morgan fingerprint density at radius 1 is 1.30 bits per heavy atom. The summed E-state index contributed by atoms with van der Waals surface area (Å²) in [5.74, 6) is -0.296. The van der Waals surface area contributed by atoms with Crippen LogP contribution in [-0.2, 0) is 21.3 Å². The molecule has 0 radical (unpaired) electrons. The number of ether oxygens (including phenoxy) is 1. The molecule has 1 aromatic carbocycles. The summed E-state index contributed by atoms with van der Waals surface area (Å²) in [6.45, 7) is 2.21. The Morgan fingerprint density at radius 2 is 2.05 bits per heavy atom. The number of carbonyl (C=O) groups excluding carboxylic acids is 1. The Bertz CT molecular complexity index is 540. The molecule has 6 heteroatoms. The zero-order valence-electron chi connectivity index (χ0n) is 11.9. The van der Waals surface area contributed by atoms with E-state index in [0.717, 1.165) is 18.4 Å². The Hall–Kier alpha value is -1.40. The number of carbonyl (C=O) groups is 1. The van der Waals surface area contributed by atoms with Crippen molar-refractivity contribution in [3.8, 4) is 0 Å². The van der Waals surface area contributed by atoms with Gasteiger partial charge in [-0.15, -0.1) is 0 Å². The van der Waals surface area contributed by atoms with E-state index in [4.69, 9.17) is 0 Å². The normalized spacial score (nSPS) is 11.3. The van der Waals surface area contributed by atoms with Gasteiger partial charge in [0, 0.05) is 6.54 Å². The molecule has 1 rings (SSSR count). The molecule has 5 nitrogen and oxygen atoms in total. The number of unbranched alkanes of at least 4 members (excludes halogenated alkanes) is 2. The first kappa shape index (κ1) is 16.7. The van der Waals surface area contributed by atoms with Gasteiger partial charge in [-0.3, -0.25) is 0 Å². The number of benzene rings is 1. The fourth-order valence-electron chi connectivity index (χ4n) is 1.73. The largest absolute Gasteiger partial charge is 0.465 e. The molecule has 0 saturated heterocycles. The summed E-state index contributed by atoms with van der Waals surface area (Å²) in [5.41, 5.74) is 1.14. The monoisotopic (exact) mass is 299 g/mol. The van der Waals surface area contributed by atoms with Crippen molar-refractivity contribution < 1.29 is 17.9 Å². The maximum absolute atomic E-state index is 11.8. The molecule has 1 N–H and O–H groups in total. The van der Waals surface area contributed by atoms with Crippen molar-refractivity contribution in [3.63, 3.8) is 0 Å². The van der Waals surface area contributed by atoms with Crippen molar-refractivity contribution in [1.29, 1.82) is 0 Å². The highest BCUT2D eigenvalue weighted by Crippen LogP contribution is 2.07. The average molecular weight is 299 g/mol. The Balaban J connectivity index is 2.59. The lowest BCUT2D eigenvalue weighted by molar-refractivity contribution is 0.0600. The summed E-state index contributed by atoms with van der Waals surface area (Å²) in [6.07, 6.45) is 2.55. The molecule has 112 valence electrons. The summed E-state index contributed by atoms with van der Waals surface area (Å²) in [4.78, 5) is 11.4. The molecule has 0 aromatic heterocycles. The fraction of sp³-hybridized carbons (Fsp3) is 0.500. The van der Waals surface area contributed by atoms with Crippen LogP contribution >= 0.6 is 0 Å². The third kappa shape index (κ3) is 5.71. The van der Waals surface area contributed by atoms with Crippen molar-refractivity contribution in [1.82, 2.24) is 4.72 Å². The topological polar surface area (TPSA) is 72.5 Å². The van der Waals surface area contributed by atoms with Gasteiger partial charge in [-0.05, 0) is 24.1 Å². The van der Waals surface area contributed by atoms with Gasteiger partial charge in [0.2, 0.25) is 10.0 Å². The second kappa shape index (κ2) is 8.01. The molecule has 0 saturated carbocycles. The maximum atomic E-state index is 11.8. The van der Waals surface area contributed by atoms with Crippen LogP contribution in [0.1, 0.15) is 42.1 Å². The van der Waals surface area contributed by atoms with Gasteiger partial charge in [0.25, 0.3) is 0 Å². The van der Waals surface area contributed by atoms with Crippen LogP contribution in [0, 0.1) is 0 Å². The van der Waals surface area contributed by atoms with Gasteiger partial charge in [0.05, 0.1) is 18.4 Å².